The van der Waals surface area contributed by atoms with Gasteiger partial charge in [-0.2, -0.15) is 0 Å². The van der Waals surface area contributed by atoms with E-state index in [1.165, 1.54) is 32.1 Å². The summed E-state index contributed by atoms with van der Waals surface area (Å²) in [6.45, 7) is 4.74. The van der Waals surface area contributed by atoms with Crippen LogP contribution >= 0.6 is 0 Å². The first-order valence-corrected chi connectivity index (χ1v) is 7.59. The van der Waals surface area contributed by atoms with Gasteiger partial charge in [0.25, 0.3) is 0 Å². The lowest BCUT2D eigenvalue weighted by atomic mass is 9.80. The highest BCUT2D eigenvalue weighted by Crippen LogP contribution is 2.30. The van der Waals surface area contributed by atoms with Crippen LogP contribution in [0.15, 0.2) is 0 Å². The van der Waals surface area contributed by atoms with Crippen molar-refractivity contribution in [2.24, 2.45) is 11.8 Å². The van der Waals surface area contributed by atoms with E-state index in [4.69, 9.17) is 9.47 Å². The Kier molecular flexibility index (Phi) is 8.84. The number of amides is 1. The molecule has 0 spiro atoms. The Bertz CT molecular complexity index is 246. The first kappa shape index (κ1) is 16.4. The van der Waals surface area contributed by atoms with E-state index in [-0.39, 0.29) is 5.91 Å². The largest absolute Gasteiger partial charge is 0.382 e. The van der Waals surface area contributed by atoms with Gasteiger partial charge in [0, 0.05) is 20.1 Å². The Morgan fingerprint density at radius 2 is 2.00 bits per heavy atom. The van der Waals surface area contributed by atoms with E-state index in [9.17, 15) is 4.79 Å². The summed E-state index contributed by atoms with van der Waals surface area (Å²) in [4.78, 5) is 11.6. The molecule has 0 aromatic carbocycles. The molecule has 1 rings (SSSR count). The summed E-state index contributed by atoms with van der Waals surface area (Å²) in [7, 11) is 1.64. The summed E-state index contributed by atoms with van der Waals surface area (Å²) in [5, 5.41) is 3.04. The number of rotatable bonds is 9. The number of ether oxygens (including phenoxy) is 2. The first-order valence-electron chi connectivity index (χ1n) is 7.59. The third-order valence-corrected chi connectivity index (χ3v) is 3.96. The molecule has 0 heterocycles. The Morgan fingerprint density at radius 3 is 2.74 bits per heavy atom. The van der Waals surface area contributed by atoms with Crippen molar-refractivity contribution in [2.45, 2.75) is 45.4 Å². The van der Waals surface area contributed by atoms with Gasteiger partial charge in [0.2, 0.25) is 5.91 Å². The van der Waals surface area contributed by atoms with Crippen molar-refractivity contribution in [3.63, 3.8) is 0 Å². The van der Waals surface area contributed by atoms with E-state index in [0.717, 1.165) is 12.5 Å². The molecule has 1 aliphatic carbocycles. The van der Waals surface area contributed by atoms with Gasteiger partial charge in [0.15, 0.2) is 0 Å². The second kappa shape index (κ2) is 10.2. The molecule has 0 radical (unpaired) electrons. The molecular weight excluding hydrogens is 242 g/mol. The summed E-state index contributed by atoms with van der Waals surface area (Å²) in [5.41, 5.74) is 0. The minimum absolute atomic E-state index is 0.107. The zero-order chi connectivity index (χ0) is 13.9. The number of hydrogen-bond donors (Lipinski definition) is 1. The fourth-order valence-electron chi connectivity index (χ4n) is 2.71. The Balaban J connectivity index is 2.02. The molecule has 0 bridgehead atoms. The highest BCUT2D eigenvalue weighted by Gasteiger charge is 2.20. The molecule has 112 valence electrons. The van der Waals surface area contributed by atoms with Crippen molar-refractivity contribution in [1.29, 1.82) is 0 Å². The van der Waals surface area contributed by atoms with Crippen molar-refractivity contribution in [3.8, 4) is 0 Å². The van der Waals surface area contributed by atoms with E-state index in [1.807, 2.05) is 0 Å². The molecule has 2 atom stereocenters. The van der Waals surface area contributed by atoms with Crippen LogP contribution < -0.4 is 5.32 Å². The molecule has 0 aromatic heterocycles. The van der Waals surface area contributed by atoms with E-state index in [1.54, 1.807) is 7.11 Å². The number of methoxy groups -OCH3 is 1. The molecule has 1 aliphatic rings. The third-order valence-electron chi connectivity index (χ3n) is 3.96. The van der Waals surface area contributed by atoms with Crippen LogP contribution in [-0.2, 0) is 14.3 Å². The second-order valence-electron chi connectivity index (χ2n) is 5.47. The fourth-order valence-corrected chi connectivity index (χ4v) is 2.71. The van der Waals surface area contributed by atoms with E-state index in [0.29, 0.717) is 32.2 Å². The lowest BCUT2D eigenvalue weighted by molar-refractivity contribution is -0.122. The zero-order valence-corrected chi connectivity index (χ0v) is 12.5. The summed E-state index contributed by atoms with van der Waals surface area (Å²) in [6, 6.07) is 0. The smallest absolute Gasteiger partial charge is 0.222 e. The second-order valence-corrected chi connectivity index (χ2v) is 5.47. The molecular formula is C15H29NO3. The topological polar surface area (TPSA) is 47.6 Å². The first-order chi connectivity index (χ1) is 9.26. The lowest BCUT2D eigenvalue weighted by Crippen LogP contribution is -2.32. The minimum Gasteiger partial charge on any atom is -0.382 e. The highest BCUT2D eigenvalue weighted by atomic mass is 16.5. The lowest BCUT2D eigenvalue weighted by Gasteiger charge is -2.28. The number of hydrogen-bond acceptors (Lipinski definition) is 3. The minimum atomic E-state index is 0.107. The van der Waals surface area contributed by atoms with Crippen molar-refractivity contribution < 1.29 is 14.3 Å². The van der Waals surface area contributed by atoms with Crippen LogP contribution in [0.25, 0.3) is 0 Å². The maximum atomic E-state index is 11.6. The Hall–Kier alpha value is -0.610. The van der Waals surface area contributed by atoms with E-state index >= 15 is 0 Å². The number of carbonyl (C=O) groups excluding carboxylic acids is 1. The van der Waals surface area contributed by atoms with Gasteiger partial charge in [0.05, 0.1) is 19.8 Å². The van der Waals surface area contributed by atoms with E-state index in [2.05, 4.69) is 12.2 Å². The summed E-state index contributed by atoms with van der Waals surface area (Å²) in [5.74, 6) is 1.65. The van der Waals surface area contributed by atoms with Gasteiger partial charge in [0.1, 0.15) is 0 Å². The van der Waals surface area contributed by atoms with Gasteiger partial charge < -0.3 is 14.8 Å². The molecule has 4 heteroatoms. The fraction of sp³-hybridized carbons (Fsp3) is 0.933. The number of carbonyl (C=O) groups is 1. The van der Waals surface area contributed by atoms with Crippen LogP contribution in [0.5, 0.6) is 0 Å². The average molecular weight is 271 g/mol. The summed E-state index contributed by atoms with van der Waals surface area (Å²) >= 11 is 0. The summed E-state index contributed by atoms with van der Waals surface area (Å²) < 4.78 is 10.2. The molecule has 0 aromatic rings. The molecule has 0 aliphatic heterocycles. The monoisotopic (exact) mass is 271 g/mol. The molecule has 1 fully saturated rings. The predicted octanol–water partition coefficient (Wildman–Crippen LogP) is 2.37. The Morgan fingerprint density at radius 1 is 1.21 bits per heavy atom. The van der Waals surface area contributed by atoms with Crippen LogP contribution in [0.3, 0.4) is 0 Å². The normalized spacial score (nSPS) is 23.3. The maximum absolute atomic E-state index is 11.6. The molecule has 0 saturated heterocycles. The van der Waals surface area contributed by atoms with Crippen molar-refractivity contribution in [3.05, 3.63) is 0 Å². The number of nitrogens with one attached hydrogen (secondary N) is 1. The molecule has 19 heavy (non-hydrogen) atoms. The highest BCUT2D eigenvalue weighted by molar-refractivity contribution is 5.75. The van der Waals surface area contributed by atoms with Crippen molar-refractivity contribution in [2.75, 3.05) is 33.5 Å². The van der Waals surface area contributed by atoms with Gasteiger partial charge in [-0.1, -0.05) is 26.2 Å². The molecule has 1 amide bonds. The van der Waals surface area contributed by atoms with Crippen LogP contribution in [0, 0.1) is 11.8 Å². The average Bonchev–Trinajstić information content (AvgIpc) is 2.45. The van der Waals surface area contributed by atoms with E-state index < -0.39 is 0 Å². The standard InChI is InChI=1S/C15H29NO3/c1-3-13-5-4-6-14(11-13)12-16-15(17)7-8-19-10-9-18-2/h13-14H,3-12H2,1-2H3,(H,16,17). The Labute approximate surface area is 117 Å². The van der Waals surface area contributed by atoms with Gasteiger partial charge >= 0.3 is 0 Å². The summed E-state index contributed by atoms with van der Waals surface area (Å²) in [6.07, 6.45) is 6.96. The molecule has 1 saturated carbocycles. The van der Waals surface area contributed by atoms with Crippen LogP contribution in [0.4, 0.5) is 0 Å². The molecule has 1 N–H and O–H groups in total. The van der Waals surface area contributed by atoms with Gasteiger partial charge in [-0.25, -0.2) is 0 Å². The van der Waals surface area contributed by atoms with Gasteiger partial charge in [-0.15, -0.1) is 0 Å². The van der Waals surface area contributed by atoms with Gasteiger partial charge in [-0.3, -0.25) is 4.79 Å². The predicted molar refractivity (Wildman–Crippen MR) is 76.1 cm³/mol. The SMILES string of the molecule is CCC1CCCC(CNC(=O)CCOCCOC)C1. The molecule has 2 unspecified atom stereocenters. The van der Waals surface area contributed by atoms with Crippen molar-refractivity contribution in [1.82, 2.24) is 5.32 Å². The van der Waals surface area contributed by atoms with Crippen LogP contribution in [0.1, 0.15) is 45.4 Å². The van der Waals surface area contributed by atoms with Crippen molar-refractivity contribution >= 4 is 5.91 Å². The van der Waals surface area contributed by atoms with Crippen LogP contribution in [-0.4, -0.2) is 39.4 Å². The maximum Gasteiger partial charge on any atom is 0.222 e. The van der Waals surface area contributed by atoms with Crippen LogP contribution in [0.2, 0.25) is 0 Å². The quantitative estimate of drug-likeness (QED) is 0.655. The third kappa shape index (κ3) is 7.53. The molecule has 4 nitrogen and oxygen atoms in total. The van der Waals surface area contributed by atoms with Gasteiger partial charge in [-0.05, 0) is 24.7 Å². The zero-order valence-electron chi connectivity index (χ0n) is 12.5.